The van der Waals surface area contributed by atoms with E-state index >= 15 is 0 Å². The molecule has 1 atom stereocenters. The van der Waals surface area contributed by atoms with E-state index in [-0.39, 0.29) is 11.8 Å². The monoisotopic (exact) mass is 458 g/mol. The van der Waals surface area contributed by atoms with Crippen LogP contribution in [0.4, 0.5) is 5.82 Å². The molecule has 2 amide bonds. The zero-order valence-corrected chi connectivity index (χ0v) is 19.2. The van der Waals surface area contributed by atoms with Crippen molar-refractivity contribution in [2.75, 3.05) is 11.9 Å². The predicted octanol–water partition coefficient (Wildman–Crippen LogP) is 0.467. The second kappa shape index (κ2) is 9.05. The Morgan fingerprint density at radius 2 is 2.15 bits per heavy atom. The number of aromatic nitrogens is 5. The summed E-state index contributed by atoms with van der Waals surface area (Å²) >= 11 is 0. The van der Waals surface area contributed by atoms with E-state index < -0.39 is 6.04 Å². The molecule has 2 aliphatic rings. The second-order valence-corrected chi connectivity index (χ2v) is 8.47. The van der Waals surface area contributed by atoms with Gasteiger partial charge in [-0.15, -0.1) is 0 Å². The maximum Gasteiger partial charge on any atom is 0.266 e. The van der Waals surface area contributed by atoms with E-state index in [9.17, 15) is 9.59 Å². The minimum absolute atomic E-state index is 0.160. The fourth-order valence-corrected chi connectivity index (χ4v) is 4.29. The van der Waals surface area contributed by atoms with Gasteiger partial charge in [0.15, 0.2) is 5.82 Å². The molecule has 0 saturated heterocycles. The van der Waals surface area contributed by atoms with Gasteiger partial charge in [0.1, 0.15) is 17.6 Å². The number of carbonyl (C=O) groups is 2. The van der Waals surface area contributed by atoms with Gasteiger partial charge in [-0.05, 0) is 44.7 Å². The van der Waals surface area contributed by atoms with Crippen molar-refractivity contribution in [1.29, 1.82) is 0 Å². The number of nitrogens with zero attached hydrogens (tertiary/aromatic N) is 7. The number of aliphatic imine (C=N–C) groups is 1. The first-order valence-electron chi connectivity index (χ1n) is 11.4. The number of rotatable bonds is 3. The third-order valence-corrected chi connectivity index (χ3v) is 6.07. The summed E-state index contributed by atoms with van der Waals surface area (Å²) in [5, 5.41) is 13.5. The first kappa shape index (κ1) is 21.7. The SMILES string of the molecule is Cc1cc2n(n1)CC[C@@H](NC(=O)/C1=N/C=c3/cnn(-c4ccccn4)/c3=C/CCC1)C(=O)N2C. The number of likely N-dealkylation sites (N-methyl/N-ethyl adjacent to an activating group) is 1. The van der Waals surface area contributed by atoms with Crippen LogP contribution in [0.15, 0.2) is 41.7 Å². The van der Waals surface area contributed by atoms with Crippen LogP contribution in [-0.2, 0) is 16.1 Å². The Hall–Kier alpha value is -4.08. The number of fused-ring (bicyclic) bond motifs is 2. The molecule has 0 bridgehead atoms. The summed E-state index contributed by atoms with van der Waals surface area (Å²) < 4.78 is 3.58. The molecule has 10 heteroatoms. The van der Waals surface area contributed by atoms with Crippen molar-refractivity contribution in [3.63, 3.8) is 0 Å². The van der Waals surface area contributed by atoms with E-state index in [1.807, 2.05) is 31.2 Å². The van der Waals surface area contributed by atoms with Gasteiger partial charge in [-0.25, -0.2) is 14.3 Å². The Kier molecular flexibility index (Phi) is 5.79. The summed E-state index contributed by atoms with van der Waals surface area (Å²) in [5.41, 5.74) is 1.26. The molecule has 3 aromatic heterocycles. The zero-order valence-electron chi connectivity index (χ0n) is 19.2. The van der Waals surface area contributed by atoms with Crippen LogP contribution in [-0.4, -0.2) is 55.2 Å². The van der Waals surface area contributed by atoms with Crippen molar-refractivity contribution in [1.82, 2.24) is 29.9 Å². The molecular formula is C24H26N8O2. The first-order chi connectivity index (χ1) is 16.5. The highest BCUT2D eigenvalue weighted by Gasteiger charge is 2.31. The third kappa shape index (κ3) is 4.14. The average Bonchev–Trinajstić information content (AvgIpc) is 3.42. The first-order valence-corrected chi connectivity index (χ1v) is 11.4. The molecule has 0 saturated carbocycles. The van der Waals surface area contributed by atoms with Crippen LogP contribution in [0, 0.1) is 6.92 Å². The lowest BCUT2D eigenvalue weighted by Gasteiger charge is -2.20. The van der Waals surface area contributed by atoms with Crippen molar-refractivity contribution in [2.24, 2.45) is 4.99 Å². The van der Waals surface area contributed by atoms with Gasteiger partial charge < -0.3 is 5.32 Å². The minimum atomic E-state index is -0.635. The van der Waals surface area contributed by atoms with Gasteiger partial charge in [0.05, 0.1) is 17.2 Å². The second-order valence-electron chi connectivity index (χ2n) is 8.47. The minimum Gasteiger partial charge on any atom is -0.339 e. The van der Waals surface area contributed by atoms with E-state index in [0.717, 1.165) is 40.7 Å². The van der Waals surface area contributed by atoms with Crippen LogP contribution in [0.5, 0.6) is 0 Å². The summed E-state index contributed by atoms with van der Waals surface area (Å²) in [7, 11) is 1.71. The lowest BCUT2D eigenvalue weighted by molar-refractivity contribution is -0.124. The molecule has 0 spiro atoms. The van der Waals surface area contributed by atoms with Gasteiger partial charge in [0.2, 0.25) is 0 Å². The van der Waals surface area contributed by atoms with Crippen LogP contribution in [0.25, 0.3) is 18.1 Å². The molecule has 1 N–H and O–H groups in total. The Morgan fingerprint density at radius 3 is 2.97 bits per heavy atom. The van der Waals surface area contributed by atoms with Crippen LogP contribution in [0.3, 0.4) is 0 Å². The van der Waals surface area contributed by atoms with Crippen LogP contribution in [0.2, 0.25) is 0 Å². The topological polar surface area (TPSA) is 110 Å². The van der Waals surface area contributed by atoms with Gasteiger partial charge >= 0.3 is 0 Å². The highest BCUT2D eigenvalue weighted by molar-refractivity contribution is 6.39. The van der Waals surface area contributed by atoms with Crippen molar-refractivity contribution in [2.45, 2.75) is 45.2 Å². The maximum absolute atomic E-state index is 13.1. The number of hydrogen-bond acceptors (Lipinski definition) is 6. The predicted molar refractivity (Wildman–Crippen MR) is 128 cm³/mol. The van der Waals surface area contributed by atoms with Gasteiger partial charge in [-0.2, -0.15) is 10.2 Å². The molecular weight excluding hydrogens is 432 g/mol. The van der Waals surface area contributed by atoms with Gasteiger partial charge in [-0.3, -0.25) is 19.5 Å². The number of pyridine rings is 1. The Bertz CT molecular complexity index is 1390. The Morgan fingerprint density at radius 1 is 1.26 bits per heavy atom. The van der Waals surface area contributed by atoms with E-state index in [2.05, 4.69) is 31.6 Å². The van der Waals surface area contributed by atoms with Gasteiger partial charge in [0.25, 0.3) is 11.8 Å². The molecule has 0 radical (unpaired) electrons. The van der Waals surface area contributed by atoms with Crippen molar-refractivity contribution in [3.05, 3.63) is 52.9 Å². The highest BCUT2D eigenvalue weighted by Crippen LogP contribution is 2.20. The fourth-order valence-electron chi connectivity index (χ4n) is 4.29. The van der Waals surface area contributed by atoms with E-state index in [0.29, 0.717) is 25.1 Å². The van der Waals surface area contributed by atoms with Gasteiger partial charge in [0, 0.05) is 37.3 Å². The quantitative estimate of drug-likeness (QED) is 0.613. The van der Waals surface area contributed by atoms with Crippen LogP contribution in [0.1, 0.15) is 31.4 Å². The molecule has 2 aliphatic heterocycles. The van der Waals surface area contributed by atoms with E-state index in [4.69, 9.17) is 0 Å². The number of hydrogen-bond donors (Lipinski definition) is 1. The summed E-state index contributed by atoms with van der Waals surface area (Å²) in [6.45, 7) is 2.45. The van der Waals surface area contributed by atoms with Crippen molar-refractivity contribution in [3.8, 4) is 5.82 Å². The molecule has 3 aromatic rings. The summed E-state index contributed by atoms with van der Waals surface area (Å²) in [5.74, 6) is 0.979. The van der Waals surface area contributed by atoms with E-state index in [1.54, 1.807) is 39.9 Å². The lowest BCUT2D eigenvalue weighted by atomic mass is 10.1. The molecule has 0 aliphatic carbocycles. The van der Waals surface area contributed by atoms with E-state index in [1.165, 1.54) is 0 Å². The van der Waals surface area contributed by atoms with Crippen molar-refractivity contribution >= 4 is 35.6 Å². The largest absolute Gasteiger partial charge is 0.339 e. The number of nitrogens with one attached hydrogen (secondary N) is 1. The molecule has 174 valence electrons. The van der Waals surface area contributed by atoms with Crippen molar-refractivity contribution < 1.29 is 9.59 Å². The Labute approximate surface area is 196 Å². The smallest absolute Gasteiger partial charge is 0.266 e. The number of anilines is 1. The lowest BCUT2D eigenvalue weighted by Crippen LogP contribution is -2.48. The molecule has 0 unspecified atom stereocenters. The highest BCUT2D eigenvalue weighted by atomic mass is 16.2. The summed E-state index contributed by atoms with van der Waals surface area (Å²) in [6, 6.07) is 6.90. The molecule has 5 rings (SSSR count). The van der Waals surface area contributed by atoms with Crippen LogP contribution >= 0.6 is 0 Å². The zero-order chi connectivity index (χ0) is 23.7. The third-order valence-electron chi connectivity index (χ3n) is 6.07. The van der Waals surface area contributed by atoms with Gasteiger partial charge in [-0.1, -0.05) is 12.1 Å². The number of carbonyl (C=O) groups excluding carboxylic acids is 2. The summed E-state index contributed by atoms with van der Waals surface area (Å²) in [4.78, 5) is 36.6. The fraction of sp³-hybridized carbons (Fsp3) is 0.333. The molecule has 5 heterocycles. The van der Waals surface area contributed by atoms with Crippen LogP contribution < -0.4 is 20.8 Å². The normalized spacial score (nSPS) is 21.7. The Balaban J connectivity index is 1.38. The average molecular weight is 459 g/mol. The molecule has 0 aromatic carbocycles. The molecule has 34 heavy (non-hydrogen) atoms. The standard InChI is InChI=1S/C24H26N8O2/c1-16-13-22-30(2)24(34)19(10-12-31(22)29-16)28-23(33)18-7-3-4-8-20-17(14-26-18)15-27-32(20)21-9-5-6-11-25-21/h5-6,8-9,11,13-15,19H,3-4,7,10,12H2,1-2H3,(H,28,33)/b17-14-,20-8+,26-18+/t19-/m1/s1. The number of amides is 2. The number of aryl methyl sites for hydroxylation is 2. The molecule has 10 nitrogen and oxygen atoms in total. The molecule has 0 fully saturated rings. The maximum atomic E-state index is 13.1. The summed E-state index contributed by atoms with van der Waals surface area (Å²) in [6.07, 6.45) is 9.69.